The van der Waals surface area contributed by atoms with Crippen molar-refractivity contribution in [3.63, 3.8) is 0 Å². The number of esters is 1. The second-order valence-electron chi connectivity index (χ2n) is 2.60. The summed E-state index contributed by atoms with van der Waals surface area (Å²) in [6, 6.07) is 0. The van der Waals surface area contributed by atoms with Crippen molar-refractivity contribution in [2.75, 3.05) is 20.2 Å². The third-order valence-corrected chi connectivity index (χ3v) is 1.05. The standard InChI is InChI=1S/C7H15NO2.ClH/c1-6(2)4-8-5-7(9)10-3;/h6,8H,4-5H2,1-3H3;1H. The lowest BCUT2D eigenvalue weighted by molar-refractivity contribution is -0.139. The fourth-order valence-electron chi connectivity index (χ4n) is 0.535. The quantitative estimate of drug-likeness (QED) is 0.653. The van der Waals surface area contributed by atoms with Crippen molar-refractivity contribution in [3.8, 4) is 0 Å². The van der Waals surface area contributed by atoms with Gasteiger partial charge >= 0.3 is 5.97 Å². The minimum atomic E-state index is -0.208. The van der Waals surface area contributed by atoms with E-state index in [-0.39, 0.29) is 18.4 Å². The van der Waals surface area contributed by atoms with Gasteiger partial charge in [-0.25, -0.2) is 0 Å². The van der Waals surface area contributed by atoms with Crippen LogP contribution in [0.25, 0.3) is 0 Å². The average molecular weight is 182 g/mol. The van der Waals surface area contributed by atoms with Gasteiger partial charge in [-0.15, -0.1) is 12.4 Å². The van der Waals surface area contributed by atoms with E-state index in [1.807, 2.05) is 0 Å². The summed E-state index contributed by atoms with van der Waals surface area (Å²) in [7, 11) is 1.39. The molecule has 0 saturated heterocycles. The van der Waals surface area contributed by atoms with Crippen molar-refractivity contribution in [2.24, 2.45) is 5.92 Å². The molecule has 0 spiro atoms. The van der Waals surface area contributed by atoms with Gasteiger partial charge in [0.25, 0.3) is 0 Å². The third kappa shape index (κ3) is 9.72. The highest BCUT2D eigenvalue weighted by Crippen LogP contribution is 1.85. The van der Waals surface area contributed by atoms with Gasteiger partial charge in [0, 0.05) is 0 Å². The third-order valence-electron chi connectivity index (χ3n) is 1.05. The number of halogens is 1. The molecule has 0 saturated carbocycles. The van der Waals surface area contributed by atoms with Crippen molar-refractivity contribution in [3.05, 3.63) is 0 Å². The molecule has 0 radical (unpaired) electrons. The first-order valence-corrected chi connectivity index (χ1v) is 3.44. The first-order chi connectivity index (χ1) is 4.66. The average Bonchev–Trinajstić information content (AvgIpc) is 1.87. The molecule has 0 aliphatic rings. The largest absolute Gasteiger partial charge is 0.468 e. The van der Waals surface area contributed by atoms with E-state index in [0.717, 1.165) is 6.54 Å². The number of carbonyl (C=O) groups excluding carboxylic acids is 1. The molecule has 0 atom stereocenters. The van der Waals surface area contributed by atoms with Crippen LogP contribution < -0.4 is 5.32 Å². The van der Waals surface area contributed by atoms with Crippen LogP contribution >= 0.6 is 12.4 Å². The lowest BCUT2D eigenvalue weighted by Gasteiger charge is -2.04. The Balaban J connectivity index is 0. The molecule has 0 heterocycles. The fourth-order valence-corrected chi connectivity index (χ4v) is 0.535. The molecule has 0 bridgehead atoms. The number of hydrogen-bond acceptors (Lipinski definition) is 3. The van der Waals surface area contributed by atoms with Crippen LogP contribution in [0.2, 0.25) is 0 Å². The molecule has 0 unspecified atom stereocenters. The lowest BCUT2D eigenvalue weighted by atomic mass is 10.2. The molecular weight excluding hydrogens is 166 g/mol. The maximum Gasteiger partial charge on any atom is 0.319 e. The molecule has 0 aliphatic heterocycles. The lowest BCUT2D eigenvalue weighted by Crippen LogP contribution is -2.27. The Kier molecular flexibility index (Phi) is 9.47. The van der Waals surface area contributed by atoms with Crippen LogP contribution in [-0.4, -0.2) is 26.2 Å². The maximum absolute atomic E-state index is 10.5. The number of nitrogens with one attached hydrogen (secondary N) is 1. The van der Waals surface area contributed by atoms with Gasteiger partial charge in [0.2, 0.25) is 0 Å². The summed E-state index contributed by atoms with van der Waals surface area (Å²) >= 11 is 0. The van der Waals surface area contributed by atoms with Gasteiger partial charge in [0.15, 0.2) is 0 Å². The molecule has 0 aromatic heterocycles. The molecule has 0 amide bonds. The van der Waals surface area contributed by atoms with Crippen molar-refractivity contribution in [2.45, 2.75) is 13.8 Å². The van der Waals surface area contributed by atoms with E-state index in [2.05, 4.69) is 23.9 Å². The zero-order chi connectivity index (χ0) is 7.98. The van der Waals surface area contributed by atoms with Crippen LogP contribution in [0.3, 0.4) is 0 Å². The van der Waals surface area contributed by atoms with E-state index >= 15 is 0 Å². The molecule has 3 nitrogen and oxygen atoms in total. The van der Waals surface area contributed by atoms with Crippen molar-refractivity contribution in [1.82, 2.24) is 5.32 Å². The molecule has 4 heteroatoms. The molecule has 0 aromatic carbocycles. The van der Waals surface area contributed by atoms with Gasteiger partial charge in [-0.2, -0.15) is 0 Å². The number of methoxy groups -OCH3 is 1. The predicted octanol–water partition coefficient (Wildman–Crippen LogP) is 0.827. The minimum absolute atomic E-state index is 0. The molecule has 0 fully saturated rings. The van der Waals surface area contributed by atoms with Crippen LogP contribution in [0.5, 0.6) is 0 Å². The summed E-state index contributed by atoms with van der Waals surface area (Å²) in [5.41, 5.74) is 0. The van der Waals surface area contributed by atoms with Gasteiger partial charge in [-0.1, -0.05) is 13.8 Å². The Hall–Kier alpha value is -0.280. The van der Waals surface area contributed by atoms with Crippen LogP contribution in [0.15, 0.2) is 0 Å². The summed E-state index contributed by atoms with van der Waals surface area (Å²) in [5.74, 6) is 0.366. The number of hydrogen-bond donors (Lipinski definition) is 1. The van der Waals surface area contributed by atoms with Crippen LogP contribution in [0.1, 0.15) is 13.8 Å². The maximum atomic E-state index is 10.5. The summed E-state index contributed by atoms with van der Waals surface area (Å²) in [6.07, 6.45) is 0. The topological polar surface area (TPSA) is 38.3 Å². The molecule has 0 rings (SSSR count). The minimum Gasteiger partial charge on any atom is -0.468 e. The highest BCUT2D eigenvalue weighted by molar-refractivity contribution is 5.85. The van der Waals surface area contributed by atoms with Gasteiger partial charge in [0.05, 0.1) is 13.7 Å². The highest BCUT2D eigenvalue weighted by atomic mass is 35.5. The first kappa shape index (κ1) is 13.3. The second kappa shape index (κ2) is 7.82. The number of carbonyl (C=O) groups is 1. The van der Waals surface area contributed by atoms with Gasteiger partial charge in [0.1, 0.15) is 0 Å². The van der Waals surface area contributed by atoms with Crippen molar-refractivity contribution >= 4 is 18.4 Å². The summed E-state index contributed by atoms with van der Waals surface area (Å²) in [6.45, 7) is 5.35. The molecule has 68 valence electrons. The van der Waals surface area contributed by atoms with Crippen molar-refractivity contribution < 1.29 is 9.53 Å². The van der Waals surface area contributed by atoms with Gasteiger partial charge in [-0.3, -0.25) is 4.79 Å². The van der Waals surface area contributed by atoms with Crippen molar-refractivity contribution in [1.29, 1.82) is 0 Å². The summed E-state index contributed by atoms with van der Waals surface area (Å²) in [5, 5.41) is 2.96. The normalized spacial score (nSPS) is 9.09. The molecule has 0 aliphatic carbocycles. The zero-order valence-corrected chi connectivity index (χ0v) is 8.03. The van der Waals surface area contributed by atoms with E-state index in [9.17, 15) is 4.79 Å². The predicted molar refractivity (Wildman–Crippen MR) is 47.0 cm³/mol. The van der Waals surface area contributed by atoms with E-state index < -0.39 is 0 Å². The Bertz CT molecular complexity index is 107. The number of rotatable bonds is 4. The van der Waals surface area contributed by atoms with Gasteiger partial charge < -0.3 is 10.1 Å². The monoisotopic (exact) mass is 181 g/mol. The van der Waals surface area contributed by atoms with E-state index in [1.54, 1.807) is 0 Å². The Morgan fingerprint density at radius 3 is 2.45 bits per heavy atom. The molecular formula is C7H16ClNO2. The molecule has 11 heavy (non-hydrogen) atoms. The fraction of sp³-hybridized carbons (Fsp3) is 0.857. The van der Waals surface area contributed by atoms with Crippen LogP contribution in [0.4, 0.5) is 0 Å². The van der Waals surface area contributed by atoms with E-state index in [1.165, 1.54) is 7.11 Å². The number of ether oxygens (including phenoxy) is 1. The van der Waals surface area contributed by atoms with Crippen LogP contribution in [-0.2, 0) is 9.53 Å². The van der Waals surface area contributed by atoms with E-state index in [4.69, 9.17) is 0 Å². The Morgan fingerprint density at radius 1 is 1.55 bits per heavy atom. The van der Waals surface area contributed by atoms with Gasteiger partial charge in [-0.05, 0) is 12.5 Å². The summed E-state index contributed by atoms with van der Waals surface area (Å²) < 4.78 is 4.43. The van der Waals surface area contributed by atoms with Crippen LogP contribution in [0, 0.1) is 5.92 Å². The summed E-state index contributed by atoms with van der Waals surface area (Å²) in [4.78, 5) is 10.5. The molecule has 0 aromatic rings. The van der Waals surface area contributed by atoms with E-state index in [0.29, 0.717) is 12.5 Å². The smallest absolute Gasteiger partial charge is 0.319 e. The SMILES string of the molecule is COC(=O)CNCC(C)C.Cl. The Morgan fingerprint density at radius 2 is 2.09 bits per heavy atom. The highest BCUT2D eigenvalue weighted by Gasteiger charge is 1.98. The Labute approximate surface area is 73.9 Å². The molecule has 1 N–H and O–H groups in total. The first-order valence-electron chi connectivity index (χ1n) is 3.44. The second-order valence-corrected chi connectivity index (χ2v) is 2.60. The zero-order valence-electron chi connectivity index (χ0n) is 7.22.